The number of thiophene rings is 1. The van der Waals surface area contributed by atoms with Gasteiger partial charge in [0.1, 0.15) is 4.88 Å². The van der Waals surface area contributed by atoms with Crippen molar-refractivity contribution in [1.82, 2.24) is 0 Å². The molecule has 0 atom stereocenters. The van der Waals surface area contributed by atoms with Gasteiger partial charge in [-0.05, 0) is 47.3 Å². The first-order valence-electron chi connectivity index (χ1n) is 9.11. The average Bonchev–Trinajstić information content (AvgIpc) is 3.22. The second kappa shape index (κ2) is 8.27. The second-order valence-electron chi connectivity index (χ2n) is 6.83. The Kier molecular flexibility index (Phi) is 5.78. The highest BCUT2D eigenvalue weighted by atomic mass is 35.5. The van der Waals surface area contributed by atoms with Crippen LogP contribution in [0, 0.1) is 0 Å². The largest absolute Gasteiger partial charge is 0.416 e. The second-order valence-corrected chi connectivity index (χ2v) is 10.0. The summed E-state index contributed by atoms with van der Waals surface area (Å²) in [5.41, 5.74) is 0.000943. The van der Waals surface area contributed by atoms with E-state index in [9.17, 15) is 26.4 Å². The van der Waals surface area contributed by atoms with E-state index in [4.69, 9.17) is 11.6 Å². The first kappa shape index (κ1) is 22.4. The Balaban J connectivity index is 1.71. The number of nitrogens with zero attached hydrogens (tertiary/aromatic N) is 1. The number of nitrogens with one attached hydrogen (secondary N) is 1. The van der Waals surface area contributed by atoms with Gasteiger partial charge in [-0.1, -0.05) is 29.8 Å². The van der Waals surface area contributed by atoms with Gasteiger partial charge in [-0.2, -0.15) is 13.2 Å². The topological polar surface area (TPSA) is 66.5 Å². The zero-order valence-electron chi connectivity index (χ0n) is 16.1. The lowest BCUT2D eigenvalue weighted by molar-refractivity contribution is -0.137. The van der Waals surface area contributed by atoms with Crippen LogP contribution in [0.15, 0.2) is 71.1 Å². The van der Waals surface area contributed by atoms with E-state index >= 15 is 0 Å². The van der Waals surface area contributed by atoms with Gasteiger partial charge in [-0.15, -0.1) is 11.3 Å². The molecule has 1 aliphatic heterocycles. The van der Waals surface area contributed by atoms with Gasteiger partial charge < -0.3 is 5.32 Å². The minimum Gasteiger partial charge on any atom is -0.360 e. The van der Waals surface area contributed by atoms with Crippen LogP contribution in [-0.2, 0) is 22.7 Å². The maximum atomic E-state index is 13.3. The smallest absolute Gasteiger partial charge is 0.360 e. The minimum absolute atomic E-state index is 0.00319. The molecule has 0 fully saturated rings. The molecule has 0 spiro atoms. The normalized spacial score (nSPS) is 16.8. The quantitative estimate of drug-likeness (QED) is 0.454. The van der Waals surface area contributed by atoms with E-state index in [0.29, 0.717) is 10.6 Å². The van der Waals surface area contributed by atoms with Gasteiger partial charge in [0.2, 0.25) is 5.78 Å². The summed E-state index contributed by atoms with van der Waals surface area (Å²) >= 11 is 6.98. The molecule has 1 N–H and O–H groups in total. The van der Waals surface area contributed by atoms with Crippen LogP contribution >= 0.6 is 22.9 Å². The average molecular weight is 499 g/mol. The SMILES string of the molecule is O=C1C(=CNc2cccc(C(F)(F)F)c2)S(=O)(=O)N(Cc2ccc(Cl)cc2)c2ccsc21. The maximum absolute atomic E-state index is 13.3. The van der Waals surface area contributed by atoms with E-state index in [1.807, 2.05) is 0 Å². The highest BCUT2D eigenvalue weighted by Gasteiger charge is 2.41. The van der Waals surface area contributed by atoms with Gasteiger partial charge in [-0.3, -0.25) is 9.10 Å². The Bertz CT molecular complexity index is 1320. The number of benzene rings is 2. The number of halogens is 4. The molecule has 0 amide bonds. The first-order chi connectivity index (χ1) is 15.1. The van der Waals surface area contributed by atoms with Crippen molar-refractivity contribution < 1.29 is 26.4 Å². The van der Waals surface area contributed by atoms with Gasteiger partial charge >= 0.3 is 6.18 Å². The zero-order valence-corrected chi connectivity index (χ0v) is 18.4. The molecule has 0 saturated carbocycles. The third-order valence-electron chi connectivity index (χ3n) is 4.71. The molecule has 1 aliphatic rings. The van der Waals surface area contributed by atoms with Crippen molar-refractivity contribution in [1.29, 1.82) is 0 Å². The van der Waals surface area contributed by atoms with Crippen molar-refractivity contribution in [3.63, 3.8) is 0 Å². The van der Waals surface area contributed by atoms with Crippen LogP contribution in [0.25, 0.3) is 0 Å². The van der Waals surface area contributed by atoms with Gasteiger partial charge in [0.15, 0.2) is 4.91 Å². The molecule has 0 aliphatic carbocycles. The number of carbonyl (C=O) groups excluding carboxylic acids is 1. The Morgan fingerprint density at radius 1 is 1.09 bits per heavy atom. The van der Waals surface area contributed by atoms with Crippen LogP contribution in [0.4, 0.5) is 24.5 Å². The van der Waals surface area contributed by atoms with Gasteiger partial charge in [0, 0.05) is 16.9 Å². The summed E-state index contributed by atoms with van der Waals surface area (Å²) in [5, 5.41) is 4.63. The van der Waals surface area contributed by atoms with Crippen LogP contribution in [-0.4, -0.2) is 14.2 Å². The summed E-state index contributed by atoms with van der Waals surface area (Å²) in [5.74, 6) is -0.721. The zero-order chi connectivity index (χ0) is 23.1. The van der Waals surface area contributed by atoms with Crippen molar-refractivity contribution in [3.8, 4) is 0 Å². The fourth-order valence-electron chi connectivity index (χ4n) is 3.15. The summed E-state index contributed by atoms with van der Waals surface area (Å²) in [6.45, 7) is -0.0442. The predicted octanol–water partition coefficient (Wildman–Crippen LogP) is 5.91. The summed E-state index contributed by atoms with van der Waals surface area (Å²) < 4.78 is 66.6. The van der Waals surface area contributed by atoms with Crippen molar-refractivity contribution in [2.75, 3.05) is 9.62 Å². The fourth-order valence-corrected chi connectivity index (χ4v) is 5.76. The lowest BCUT2D eigenvalue weighted by Crippen LogP contribution is -2.38. The van der Waals surface area contributed by atoms with E-state index < -0.39 is 32.5 Å². The standard InChI is InChI=1S/C21H14ClF3N2O3S2/c22-15-6-4-13(5-7-15)12-27-17-8-9-31-20(17)19(28)18(32(27,29)30)11-26-16-3-1-2-14(10-16)21(23,24)25/h1-11,26H,12H2. The molecule has 2 heterocycles. The molecule has 0 saturated heterocycles. The lowest BCUT2D eigenvalue weighted by atomic mass is 10.2. The fraction of sp³-hybridized carbons (Fsp3) is 0.0952. The summed E-state index contributed by atoms with van der Waals surface area (Å²) in [7, 11) is -4.28. The Morgan fingerprint density at radius 2 is 1.81 bits per heavy atom. The van der Waals surface area contributed by atoms with Crippen molar-refractivity contribution in [3.05, 3.63) is 92.1 Å². The number of carbonyl (C=O) groups is 1. The number of ketones is 1. The molecule has 5 nitrogen and oxygen atoms in total. The molecule has 32 heavy (non-hydrogen) atoms. The van der Waals surface area contributed by atoms with E-state index in [0.717, 1.165) is 34.0 Å². The first-order valence-corrected chi connectivity index (χ1v) is 11.8. The van der Waals surface area contributed by atoms with Gasteiger partial charge in [0.25, 0.3) is 10.0 Å². The number of fused-ring (bicyclic) bond motifs is 1. The van der Waals surface area contributed by atoms with E-state index in [-0.39, 0.29) is 22.8 Å². The van der Waals surface area contributed by atoms with Crippen LogP contribution in [0.5, 0.6) is 0 Å². The minimum atomic E-state index is -4.56. The molecular weight excluding hydrogens is 485 g/mol. The number of rotatable bonds is 4. The van der Waals surface area contributed by atoms with E-state index in [1.165, 1.54) is 12.1 Å². The summed E-state index contributed by atoms with van der Waals surface area (Å²) in [6, 6.07) is 12.4. The van der Waals surface area contributed by atoms with Crippen LogP contribution in [0.2, 0.25) is 5.02 Å². The van der Waals surface area contributed by atoms with Crippen LogP contribution in [0.1, 0.15) is 20.8 Å². The highest BCUT2D eigenvalue weighted by molar-refractivity contribution is 7.97. The van der Waals surface area contributed by atoms with Crippen molar-refractivity contribution in [2.45, 2.75) is 12.7 Å². The summed E-state index contributed by atoms with van der Waals surface area (Å²) in [4.78, 5) is 12.6. The number of allylic oxidation sites excluding steroid dienone is 1. The molecular formula is C21H14ClF3N2O3S2. The van der Waals surface area contributed by atoms with Crippen LogP contribution < -0.4 is 9.62 Å². The third-order valence-corrected chi connectivity index (χ3v) is 7.63. The Labute approximate surface area is 190 Å². The lowest BCUT2D eigenvalue weighted by Gasteiger charge is -2.29. The number of hydrogen-bond donors (Lipinski definition) is 1. The number of Topliss-reactive ketones (excluding diaryl/α,β-unsaturated/α-hetero) is 1. The Hall–Kier alpha value is -2.82. The van der Waals surface area contributed by atoms with E-state index in [1.54, 1.807) is 35.7 Å². The van der Waals surface area contributed by atoms with Crippen molar-refractivity contribution in [2.24, 2.45) is 0 Å². The van der Waals surface area contributed by atoms with Crippen LogP contribution in [0.3, 0.4) is 0 Å². The number of sulfonamides is 1. The molecule has 0 radical (unpaired) electrons. The van der Waals surface area contributed by atoms with Crippen molar-refractivity contribution >= 4 is 50.1 Å². The number of alkyl halides is 3. The molecule has 0 unspecified atom stereocenters. The molecule has 3 aromatic rings. The molecule has 2 aromatic carbocycles. The van der Waals surface area contributed by atoms with Gasteiger partial charge in [0.05, 0.1) is 17.8 Å². The monoisotopic (exact) mass is 498 g/mol. The number of hydrogen-bond acceptors (Lipinski definition) is 5. The molecule has 1 aromatic heterocycles. The predicted molar refractivity (Wildman–Crippen MR) is 118 cm³/mol. The van der Waals surface area contributed by atoms with Gasteiger partial charge in [-0.25, -0.2) is 8.42 Å². The summed E-state index contributed by atoms with van der Waals surface area (Å²) in [6.07, 6.45) is -3.62. The molecule has 0 bridgehead atoms. The number of anilines is 2. The van der Waals surface area contributed by atoms with E-state index in [2.05, 4.69) is 5.32 Å². The molecule has 11 heteroatoms. The highest BCUT2D eigenvalue weighted by Crippen LogP contribution is 2.39. The Morgan fingerprint density at radius 3 is 2.50 bits per heavy atom. The maximum Gasteiger partial charge on any atom is 0.416 e. The molecule has 4 rings (SSSR count). The third kappa shape index (κ3) is 4.25. The molecule has 166 valence electrons.